The van der Waals surface area contributed by atoms with E-state index in [9.17, 15) is 4.79 Å². The second-order valence-electron chi connectivity index (χ2n) is 6.43. The summed E-state index contributed by atoms with van der Waals surface area (Å²) in [6.45, 7) is 0. The van der Waals surface area contributed by atoms with Crippen molar-refractivity contribution < 1.29 is 4.79 Å². The van der Waals surface area contributed by atoms with Crippen LogP contribution in [0, 0.1) is 0 Å². The summed E-state index contributed by atoms with van der Waals surface area (Å²) in [7, 11) is 3.92. The lowest BCUT2D eigenvalue weighted by molar-refractivity contribution is 0.102. The predicted octanol–water partition coefficient (Wildman–Crippen LogP) is 5.28. The highest BCUT2D eigenvalue weighted by Crippen LogP contribution is 2.34. The average Bonchev–Trinajstić information content (AvgIpc) is 3.12. The topological polar surface area (TPSA) is 45.2 Å². The molecule has 0 aliphatic carbocycles. The normalized spacial score (nSPS) is 10.7. The Labute approximate surface area is 162 Å². The molecular formula is C22H19N3OS. The number of fused-ring (bicyclic) bond motifs is 1. The van der Waals surface area contributed by atoms with Crippen LogP contribution in [0.25, 0.3) is 20.8 Å². The van der Waals surface area contributed by atoms with Crippen molar-refractivity contribution in [1.82, 2.24) is 4.98 Å². The molecule has 1 N–H and O–H groups in total. The van der Waals surface area contributed by atoms with Crippen LogP contribution in [0.3, 0.4) is 0 Å². The number of anilines is 2. The fourth-order valence-corrected chi connectivity index (χ4v) is 3.89. The molecule has 0 bridgehead atoms. The SMILES string of the molecule is CN(C)c1cccc(C(=O)Nc2ccccc2-c2nc3ccccc3s2)c1. The fourth-order valence-electron chi connectivity index (χ4n) is 2.89. The number of rotatable bonds is 4. The molecule has 4 rings (SSSR count). The average molecular weight is 373 g/mol. The van der Waals surface area contributed by atoms with Gasteiger partial charge < -0.3 is 10.2 Å². The summed E-state index contributed by atoms with van der Waals surface area (Å²) >= 11 is 1.62. The first-order chi connectivity index (χ1) is 13.1. The third-order valence-electron chi connectivity index (χ3n) is 4.32. The number of thiazole rings is 1. The molecule has 0 atom stereocenters. The van der Waals surface area contributed by atoms with E-state index in [0.717, 1.165) is 32.2 Å². The number of aromatic nitrogens is 1. The number of carbonyl (C=O) groups excluding carboxylic acids is 1. The van der Waals surface area contributed by atoms with E-state index in [-0.39, 0.29) is 5.91 Å². The molecule has 1 amide bonds. The summed E-state index contributed by atoms with van der Waals surface area (Å²) < 4.78 is 1.13. The van der Waals surface area contributed by atoms with Gasteiger partial charge in [0.05, 0.1) is 15.9 Å². The molecule has 0 unspecified atom stereocenters. The maximum Gasteiger partial charge on any atom is 0.255 e. The maximum absolute atomic E-state index is 12.8. The number of carbonyl (C=O) groups is 1. The van der Waals surface area contributed by atoms with Gasteiger partial charge in [-0.05, 0) is 42.5 Å². The third kappa shape index (κ3) is 3.55. The lowest BCUT2D eigenvalue weighted by atomic mass is 10.1. The molecule has 0 spiro atoms. The summed E-state index contributed by atoms with van der Waals surface area (Å²) in [6, 6.07) is 23.4. The number of amides is 1. The lowest BCUT2D eigenvalue weighted by Gasteiger charge is -2.14. The summed E-state index contributed by atoms with van der Waals surface area (Å²) in [5.41, 5.74) is 4.27. The highest BCUT2D eigenvalue weighted by molar-refractivity contribution is 7.21. The number of hydrogen-bond donors (Lipinski definition) is 1. The zero-order chi connectivity index (χ0) is 18.8. The Morgan fingerprint density at radius 2 is 1.74 bits per heavy atom. The zero-order valence-corrected chi connectivity index (χ0v) is 16.0. The van der Waals surface area contributed by atoms with Crippen molar-refractivity contribution in [2.75, 3.05) is 24.3 Å². The standard InChI is InChI=1S/C22H19N3OS/c1-25(2)16-9-7-8-15(14-16)21(26)23-18-11-4-3-10-17(18)22-24-19-12-5-6-13-20(19)27-22/h3-14H,1-2H3,(H,23,26). The van der Waals surface area contributed by atoms with Gasteiger partial charge in [-0.15, -0.1) is 11.3 Å². The van der Waals surface area contributed by atoms with Crippen LogP contribution in [0.5, 0.6) is 0 Å². The van der Waals surface area contributed by atoms with E-state index in [0.29, 0.717) is 5.56 Å². The molecule has 0 aliphatic heterocycles. The molecule has 27 heavy (non-hydrogen) atoms. The van der Waals surface area contributed by atoms with E-state index in [1.54, 1.807) is 11.3 Å². The van der Waals surface area contributed by atoms with Crippen molar-refractivity contribution in [3.63, 3.8) is 0 Å². The minimum absolute atomic E-state index is 0.132. The second-order valence-corrected chi connectivity index (χ2v) is 7.46. The van der Waals surface area contributed by atoms with Crippen LogP contribution in [-0.2, 0) is 0 Å². The number of hydrogen-bond acceptors (Lipinski definition) is 4. The minimum atomic E-state index is -0.132. The van der Waals surface area contributed by atoms with Crippen LogP contribution in [-0.4, -0.2) is 25.0 Å². The van der Waals surface area contributed by atoms with E-state index in [2.05, 4.69) is 11.4 Å². The van der Waals surface area contributed by atoms with Gasteiger partial charge in [-0.2, -0.15) is 0 Å². The Morgan fingerprint density at radius 3 is 2.56 bits per heavy atom. The quantitative estimate of drug-likeness (QED) is 0.529. The van der Waals surface area contributed by atoms with Crippen molar-refractivity contribution in [1.29, 1.82) is 0 Å². The molecule has 0 aliphatic rings. The largest absolute Gasteiger partial charge is 0.378 e. The Bertz CT molecular complexity index is 1080. The highest BCUT2D eigenvalue weighted by Gasteiger charge is 2.14. The number of benzene rings is 3. The first-order valence-electron chi connectivity index (χ1n) is 8.65. The van der Waals surface area contributed by atoms with Gasteiger partial charge in [0, 0.05) is 30.9 Å². The van der Waals surface area contributed by atoms with Crippen molar-refractivity contribution in [3.05, 3.63) is 78.4 Å². The lowest BCUT2D eigenvalue weighted by Crippen LogP contribution is -2.14. The summed E-state index contributed by atoms with van der Waals surface area (Å²) in [6.07, 6.45) is 0. The molecular weight excluding hydrogens is 354 g/mol. The molecule has 4 aromatic rings. The van der Waals surface area contributed by atoms with E-state index in [1.807, 2.05) is 85.7 Å². The van der Waals surface area contributed by atoms with Crippen molar-refractivity contribution >= 4 is 38.8 Å². The molecule has 0 saturated carbocycles. The first-order valence-corrected chi connectivity index (χ1v) is 9.47. The van der Waals surface area contributed by atoms with Crippen LogP contribution >= 0.6 is 11.3 Å². The first kappa shape index (κ1) is 17.2. The van der Waals surface area contributed by atoms with Gasteiger partial charge in [-0.25, -0.2) is 4.98 Å². The second kappa shape index (κ2) is 7.21. The van der Waals surface area contributed by atoms with Crippen molar-refractivity contribution in [2.45, 2.75) is 0 Å². The molecule has 5 heteroatoms. The molecule has 0 saturated heterocycles. The highest BCUT2D eigenvalue weighted by atomic mass is 32.1. The molecule has 0 fully saturated rings. The smallest absolute Gasteiger partial charge is 0.255 e. The van der Waals surface area contributed by atoms with E-state index < -0.39 is 0 Å². The number of para-hydroxylation sites is 2. The van der Waals surface area contributed by atoms with Crippen LogP contribution < -0.4 is 10.2 Å². The molecule has 3 aromatic carbocycles. The molecule has 4 nitrogen and oxygen atoms in total. The Balaban J connectivity index is 1.67. The summed E-state index contributed by atoms with van der Waals surface area (Å²) in [4.78, 5) is 19.5. The van der Waals surface area contributed by atoms with Gasteiger partial charge in [-0.1, -0.05) is 30.3 Å². The van der Waals surface area contributed by atoms with E-state index >= 15 is 0 Å². The van der Waals surface area contributed by atoms with Gasteiger partial charge in [-0.3, -0.25) is 4.79 Å². The van der Waals surface area contributed by atoms with E-state index in [4.69, 9.17) is 4.98 Å². The maximum atomic E-state index is 12.8. The van der Waals surface area contributed by atoms with Crippen LogP contribution in [0.4, 0.5) is 11.4 Å². The Kier molecular flexibility index (Phi) is 4.60. The van der Waals surface area contributed by atoms with Gasteiger partial charge >= 0.3 is 0 Å². The van der Waals surface area contributed by atoms with Gasteiger partial charge in [0.2, 0.25) is 0 Å². The third-order valence-corrected chi connectivity index (χ3v) is 5.39. The summed E-state index contributed by atoms with van der Waals surface area (Å²) in [5, 5.41) is 3.94. The molecule has 1 aromatic heterocycles. The minimum Gasteiger partial charge on any atom is -0.378 e. The van der Waals surface area contributed by atoms with Crippen LogP contribution in [0.1, 0.15) is 10.4 Å². The predicted molar refractivity (Wildman–Crippen MR) is 114 cm³/mol. The van der Waals surface area contributed by atoms with Crippen molar-refractivity contribution in [3.8, 4) is 10.6 Å². The summed E-state index contributed by atoms with van der Waals surface area (Å²) in [5.74, 6) is -0.132. The van der Waals surface area contributed by atoms with Crippen molar-refractivity contribution in [2.24, 2.45) is 0 Å². The number of nitrogens with one attached hydrogen (secondary N) is 1. The Morgan fingerprint density at radius 1 is 0.963 bits per heavy atom. The van der Waals surface area contributed by atoms with Gasteiger partial charge in [0.1, 0.15) is 5.01 Å². The van der Waals surface area contributed by atoms with Crippen LogP contribution in [0.15, 0.2) is 72.8 Å². The molecule has 0 radical (unpaired) electrons. The molecule has 134 valence electrons. The van der Waals surface area contributed by atoms with Gasteiger partial charge in [0.25, 0.3) is 5.91 Å². The van der Waals surface area contributed by atoms with Crippen LogP contribution in [0.2, 0.25) is 0 Å². The molecule has 1 heterocycles. The number of nitrogens with zero attached hydrogens (tertiary/aromatic N) is 2. The Hall–Kier alpha value is -3.18. The van der Waals surface area contributed by atoms with E-state index in [1.165, 1.54) is 0 Å². The zero-order valence-electron chi connectivity index (χ0n) is 15.1. The fraction of sp³-hybridized carbons (Fsp3) is 0.0909. The van der Waals surface area contributed by atoms with Gasteiger partial charge in [0.15, 0.2) is 0 Å². The monoisotopic (exact) mass is 373 g/mol.